The molecule has 1 aromatic carbocycles. The monoisotopic (exact) mass is 438 g/mol. The molecule has 0 saturated carbocycles. The van der Waals surface area contributed by atoms with Crippen LogP contribution >= 0.6 is 11.3 Å². The molecule has 0 spiro atoms. The van der Waals surface area contributed by atoms with Gasteiger partial charge in [-0.15, -0.1) is 11.3 Å². The molecule has 10 heteroatoms. The molecule has 2 rings (SSSR count). The van der Waals surface area contributed by atoms with Crippen LogP contribution in [0.3, 0.4) is 0 Å². The van der Waals surface area contributed by atoms with Gasteiger partial charge in [-0.05, 0) is 42.1 Å². The zero-order valence-corrected chi connectivity index (χ0v) is 18.1. The van der Waals surface area contributed by atoms with E-state index in [1.807, 2.05) is 17.5 Å². The fourth-order valence-electron chi connectivity index (χ4n) is 2.61. The number of anilines is 1. The lowest BCUT2D eigenvalue weighted by Crippen LogP contribution is -2.42. The van der Waals surface area contributed by atoms with E-state index in [4.69, 9.17) is 0 Å². The zero-order valence-electron chi connectivity index (χ0n) is 16.5. The van der Waals surface area contributed by atoms with Crippen LogP contribution in [-0.2, 0) is 21.2 Å². The molecule has 0 aliphatic carbocycles. The Balaban J connectivity index is 1.77. The van der Waals surface area contributed by atoms with Gasteiger partial charge in [0.05, 0.1) is 11.4 Å². The van der Waals surface area contributed by atoms with E-state index in [0.717, 1.165) is 4.88 Å². The molecule has 1 heterocycles. The minimum absolute atomic E-state index is 0.111. The van der Waals surface area contributed by atoms with Crippen molar-refractivity contribution in [1.29, 1.82) is 0 Å². The largest absolute Gasteiger partial charge is 0.376 e. The van der Waals surface area contributed by atoms with Crippen LogP contribution in [0, 0.1) is 0 Å². The first-order chi connectivity index (χ1) is 13.9. The molecule has 0 fully saturated rings. The molecule has 158 valence electrons. The van der Waals surface area contributed by atoms with Gasteiger partial charge in [0.25, 0.3) is 0 Å². The van der Waals surface area contributed by atoms with Crippen molar-refractivity contribution in [1.82, 2.24) is 14.9 Å². The first kappa shape index (κ1) is 22.9. The summed E-state index contributed by atoms with van der Waals surface area (Å²) in [6.45, 7) is 4.70. The Morgan fingerprint density at radius 3 is 2.34 bits per heavy atom. The normalized spacial score (nSPS) is 11.3. The molecule has 0 atom stereocenters. The van der Waals surface area contributed by atoms with Crippen molar-refractivity contribution >= 4 is 39.0 Å². The highest BCUT2D eigenvalue weighted by molar-refractivity contribution is 7.89. The lowest BCUT2D eigenvalue weighted by molar-refractivity contribution is -0.118. The number of thiophene rings is 1. The molecule has 2 aromatic rings. The molecule has 8 nitrogen and oxygen atoms in total. The lowest BCUT2D eigenvalue weighted by atomic mass is 10.3. The Morgan fingerprint density at radius 1 is 1.07 bits per heavy atom. The predicted octanol–water partition coefficient (Wildman–Crippen LogP) is 2.26. The molecular weight excluding hydrogens is 412 g/mol. The Hall–Kier alpha value is -2.43. The highest BCUT2D eigenvalue weighted by atomic mass is 32.2. The zero-order chi connectivity index (χ0) is 21.3. The van der Waals surface area contributed by atoms with Crippen LogP contribution in [0.2, 0.25) is 0 Å². The average Bonchev–Trinajstić information content (AvgIpc) is 3.21. The third-order valence-electron chi connectivity index (χ3n) is 4.14. The number of hydrogen-bond acceptors (Lipinski definition) is 6. The minimum Gasteiger partial charge on any atom is -0.376 e. The summed E-state index contributed by atoms with van der Waals surface area (Å²) >= 11 is 1.61. The smallest absolute Gasteiger partial charge is 0.321 e. The molecule has 0 saturated heterocycles. The molecule has 3 amide bonds. The SMILES string of the molecule is CCN(CC)S(=O)(=O)c1ccc(NCC(=O)NC(=O)NCCc2cccs2)cc1. The molecule has 0 aliphatic heterocycles. The summed E-state index contributed by atoms with van der Waals surface area (Å²) in [5.41, 5.74) is 0.580. The van der Waals surface area contributed by atoms with Gasteiger partial charge < -0.3 is 10.6 Å². The number of carbonyl (C=O) groups excluding carboxylic acids is 2. The van der Waals surface area contributed by atoms with Crippen molar-refractivity contribution in [3.8, 4) is 0 Å². The maximum Gasteiger partial charge on any atom is 0.321 e. The fourth-order valence-corrected chi connectivity index (χ4v) is 4.78. The molecule has 0 unspecified atom stereocenters. The van der Waals surface area contributed by atoms with Crippen molar-refractivity contribution in [2.45, 2.75) is 25.2 Å². The van der Waals surface area contributed by atoms with Gasteiger partial charge in [0.15, 0.2) is 0 Å². The van der Waals surface area contributed by atoms with Crippen LogP contribution in [-0.4, -0.2) is 50.8 Å². The maximum atomic E-state index is 12.5. The molecule has 29 heavy (non-hydrogen) atoms. The van der Waals surface area contributed by atoms with Gasteiger partial charge in [-0.3, -0.25) is 10.1 Å². The molecular formula is C19H26N4O4S2. The second-order valence-corrected chi connectivity index (χ2v) is 9.07. The average molecular weight is 439 g/mol. The van der Waals surface area contributed by atoms with Gasteiger partial charge in [0.1, 0.15) is 0 Å². The van der Waals surface area contributed by atoms with E-state index >= 15 is 0 Å². The first-order valence-electron chi connectivity index (χ1n) is 9.31. The summed E-state index contributed by atoms with van der Waals surface area (Å²) in [6, 6.07) is 9.54. The Morgan fingerprint density at radius 2 is 1.76 bits per heavy atom. The van der Waals surface area contributed by atoms with Crippen molar-refractivity contribution in [3.63, 3.8) is 0 Å². The van der Waals surface area contributed by atoms with Crippen molar-refractivity contribution in [2.24, 2.45) is 0 Å². The predicted molar refractivity (Wildman–Crippen MR) is 115 cm³/mol. The number of hydrogen-bond donors (Lipinski definition) is 3. The molecule has 0 radical (unpaired) electrons. The number of rotatable bonds is 10. The van der Waals surface area contributed by atoms with Gasteiger partial charge >= 0.3 is 6.03 Å². The number of imide groups is 1. The van der Waals surface area contributed by atoms with Crippen LogP contribution in [0.15, 0.2) is 46.7 Å². The highest BCUT2D eigenvalue weighted by Gasteiger charge is 2.21. The van der Waals surface area contributed by atoms with Crippen LogP contribution in [0.1, 0.15) is 18.7 Å². The number of nitrogens with zero attached hydrogens (tertiary/aromatic N) is 1. The second-order valence-electron chi connectivity index (χ2n) is 6.10. The Bertz CT molecular complexity index is 893. The van der Waals surface area contributed by atoms with Gasteiger partial charge in [-0.25, -0.2) is 13.2 Å². The van der Waals surface area contributed by atoms with Crippen molar-refractivity contribution < 1.29 is 18.0 Å². The number of nitrogens with one attached hydrogen (secondary N) is 3. The van der Waals surface area contributed by atoms with E-state index in [1.165, 1.54) is 16.4 Å². The Labute approximate surface area is 175 Å². The molecule has 1 aromatic heterocycles. The van der Waals surface area contributed by atoms with Gasteiger partial charge in [0.2, 0.25) is 15.9 Å². The van der Waals surface area contributed by atoms with Crippen LogP contribution in [0.4, 0.5) is 10.5 Å². The third-order valence-corrected chi connectivity index (χ3v) is 7.14. The summed E-state index contributed by atoms with van der Waals surface area (Å²) in [5, 5.41) is 9.71. The summed E-state index contributed by atoms with van der Waals surface area (Å²) in [4.78, 5) is 25.0. The number of benzene rings is 1. The minimum atomic E-state index is -3.52. The molecule has 3 N–H and O–H groups in total. The number of sulfonamides is 1. The fraction of sp³-hybridized carbons (Fsp3) is 0.368. The van der Waals surface area contributed by atoms with Gasteiger partial charge in [-0.2, -0.15) is 4.31 Å². The number of amides is 3. The van der Waals surface area contributed by atoms with Gasteiger partial charge in [0, 0.05) is 30.2 Å². The highest BCUT2D eigenvalue weighted by Crippen LogP contribution is 2.18. The summed E-state index contributed by atoms with van der Waals surface area (Å²) in [7, 11) is -3.52. The summed E-state index contributed by atoms with van der Waals surface area (Å²) in [5.74, 6) is -0.488. The van der Waals surface area contributed by atoms with E-state index < -0.39 is 22.0 Å². The topological polar surface area (TPSA) is 108 Å². The quantitative estimate of drug-likeness (QED) is 0.527. The maximum absolute atomic E-state index is 12.5. The summed E-state index contributed by atoms with van der Waals surface area (Å²) in [6.07, 6.45) is 0.709. The van der Waals surface area contributed by atoms with Crippen molar-refractivity contribution in [3.05, 3.63) is 46.7 Å². The van der Waals surface area contributed by atoms with E-state index in [0.29, 0.717) is 31.7 Å². The van der Waals surface area contributed by atoms with E-state index in [9.17, 15) is 18.0 Å². The van der Waals surface area contributed by atoms with Gasteiger partial charge in [-0.1, -0.05) is 19.9 Å². The Kier molecular flexibility index (Phi) is 8.62. The molecule has 0 aliphatic rings. The standard InChI is InChI=1S/C19H26N4O4S2/c1-3-23(4-2)29(26,27)17-9-7-15(8-10-17)21-14-18(24)22-19(25)20-12-11-16-6-5-13-28-16/h5-10,13,21H,3-4,11-12,14H2,1-2H3,(H2,20,22,24,25). The lowest BCUT2D eigenvalue weighted by Gasteiger charge is -2.18. The van der Waals surface area contributed by atoms with Crippen LogP contribution in [0.5, 0.6) is 0 Å². The van der Waals surface area contributed by atoms with Crippen LogP contribution < -0.4 is 16.0 Å². The summed E-state index contributed by atoms with van der Waals surface area (Å²) < 4.78 is 26.3. The van der Waals surface area contributed by atoms with Crippen LogP contribution in [0.25, 0.3) is 0 Å². The number of urea groups is 1. The van der Waals surface area contributed by atoms with E-state index in [-0.39, 0.29) is 11.4 Å². The molecule has 0 bridgehead atoms. The number of carbonyl (C=O) groups is 2. The first-order valence-corrected chi connectivity index (χ1v) is 11.6. The van der Waals surface area contributed by atoms with E-state index in [2.05, 4.69) is 16.0 Å². The van der Waals surface area contributed by atoms with E-state index in [1.54, 1.807) is 37.3 Å². The van der Waals surface area contributed by atoms with Crippen molar-refractivity contribution in [2.75, 3.05) is 31.5 Å². The second kappa shape index (κ2) is 10.9. The third kappa shape index (κ3) is 6.84.